The summed E-state index contributed by atoms with van der Waals surface area (Å²) in [5, 5.41) is 0. The van der Waals surface area contributed by atoms with Crippen molar-refractivity contribution in [3.05, 3.63) is 29.8 Å². The molecule has 1 aliphatic rings. The predicted octanol–water partition coefficient (Wildman–Crippen LogP) is 2.66. The van der Waals surface area contributed by atoms with Gasteiger partial charge in [0.2, 0.25) is 5.91 Å². The zero-order valence-corrected chi connectivity index (χ0v) is 15.0. The van der Waals surface area contributed by atoms with Crippen LogP contribution in [-0.2, 0) is 4.79 Å². The number of rotatable bonds is 7. The molecule has 1 aromatic carbocycles. The van der Waals surface area contributed by atoms with Crippen molar-refractivity contribution in [3.63, 3.8) is 0 Å². The maximum atomic E-state index is 12.3. The number of piperazine rings is 1. The van der Waals surface area contributed by atoms with Gasteiger partial charge in [0.15, 0.2) is 11.5 Å². The van der Waals surface area contributed by atoms with Crippen LogP contribution in [0.15, 0.2) is 24.3 Å². The topological polar surface area (TPSA) is 42.0 Å². The minimum absolute atomic E-state index is 0.0624. The first-order valence-corrected chi connectivity index (χ1v) is 8.69. The summed E-state index contributed by atoms with van der Waals surface area (Å²) in [6.45, 7) is 8.69. The van der Waals surface area contributed by atoms with Crippen molar-refractivity contribution in [3.8, 4) is 11.5 Å². The van der Waals surface area contributed by atoms with E-state index in [0.717, 1.165) is 49.7 Å². The quantitative estimate of drug-likeness (QED) is 0.720. The summed E-state index contributed by atoms with van der Waals surface area (Å²) < 4.78 is 11.3. The zero-order valence-electron chi connectivity index (χ0n) is 15.0. The molecule has 0 aromatic heterocycles. The zero-order chi connectivity index (χ0) is 17.4. The number of carbonyl (C=O) groups is 1. The Balaban J connectivity index is 2.02. The molecule has 1 fully saturated rings. The van der Waals surface area contributed by atoms with Crippen LogP contribution in [0, 0.1) is 0 Å². The Bertz CT molecular complexity index is 564. The summed E-state index contributed by atoms with van der Waals surface area (Å²) in [5.41, 5.74) is 0.935. The molecule has 1 heterocycles. The summed E-state index contributed by atoms with van der Waals surface area (Å²) in [6.07, 6.45) is 4.43. The molecule has 1 aliphatic heterocycles. The minimum atomic E-state index is 0.0624. The van der Waals surface area contributed by atoms with Gasteiger partial charge in [0, 0.05) is 32.3 Å². The van der Waals surface area contributed by atoms with Gasteiger partial charge in [-0.3, -0.25) is 4.79 Å². The molecule has 0 N–H and O–H groups in total. The molecule has 2 rings (SSSR count). The van der Waals surface area contributed by atoms with Crippen molar-refractivity contribution < 1.29 is 14.3 Å². The van der Waals surface area contributed by atoms with E-state index in [9.17, 15) is 4.79 Å². The predicted molar refractivity (Wildman–Crippen MR) is 96.5 cm³/mol. The highest BCUT2D eigenvalue weighted by Crippen LogP contribution is 2.29. The highest BCUT2D eigenvalue weighted by atomic mass is 16.5. The lowest BCUT2D eigenvalue weighted by molar-refractivity contribution is -0.127. The lowest BCUT2D eigenvalue weighted by Gasteiger charge is -2.31. The van der Waals surface area contributed by atoms with Crippen molar-refractivity contribution >= 4 is 12.0 Å². The van der Waals surface area contributed by atoms with Crippen LogP contribution in [0.1, 0.15) is 25.8 Å². The monoisotopic (exact) mass is 332 g/mol. The second-order valence-electron chi connectivity index (χ2n) is 5.95. The summed E-state index contributed by atoms with van der Waals surface area (Å²) in [5.74, 6) is 1.54. The first-order valence-electron chi connectivity index (χ1n) is 8.69. The summed E-state index contributed by atoms with van der Waals surface area (Å²) in [4.78, 5) is 16.4. The highest BCUT2D eigenvalue weighted by Gasteiger charge is 2.16. The van der Waals surface area contributed by atoms with Crippen LogP contribution in [0.25, 0.3) is 6.08 Å². The Hall–Kier alpha value is -2.01. The third kappa shape index (κ3) is 5.27. The molecule has 0 aliphatic carbocycles. The second-order valence-corrected chi connectivity index (χ2v) is 5.95. The van der Waals surface area contributed by atoms with Crippen LogP contribution in [-0.4, -0.2) is 62.1 Å². The SMILES string of the molecule is CCCOc1ccc(/C=C/C(=O)N2CCN(C)CC2)cc1OCC. The van der Waals surface area contributed by atoms with E-state index in [-0.39, 0.29) is 5.91 Å². The Morgan fingerprint density at radius 3 is 2.54 bits per heavy atom. The number of benzene rings is 1. The van der Waals surface area contributed by atoms with Gasteiger partial charge in [-0.25, -0.2) is 0 Å². The Labute approximate surface area is 144 Å². The van der Waals surface area contributed by atoms with Crippen LogP contribution in [0.2, 0.25) is 0 Å². The van der Waals surface area contributed by atoms with E-state index in [2.05, 4.69) is 18.9 Å². The molecule has 1 aromatic rings. The van der Waals surface area contributed by atoms with Gasteiger partial charge in [-0.15, -0.1) is 0 Å². The summed E-state index contributed by atoms with van der Waals surface area (Å²) >= 11 is 0. The average molecular weight is 332 g/mol. The first-order chi connectivity index (χ1) is 11.6. The molecule has 0 bridgehead atoms. The largest absolute Gasteiger partial charge is 0.490 e. The molecule has 24 heavy (non-hydrogen) atoms. The lowest BCUT2D eigenvalue weighted by Crippen LogP contribution is -2.46. The van der Waals surface area contributed by atoms with Gasteiger partial charge >= 0.3 is 0 Å². The van der Waals surface area contributed by atoms with Crippen LogP contribution in [0.5, 0.6) is 11.5 Å². The van der Waals surface area contributed by atoms with Crippen LogP contribution in [0.3, 0.4) is 0 Å². The molecular formula is C19H28N2O3. The number of carbonyl (C=O) groups excluding carboxylic acids is 1. The number of hydrogen-bond acceptors (Lipinski definition) is 4. The fourth-order valence-corrected chi connectivity index (χ4v) is 2.53. The van der Waals surface area contributed by atoms with Gasteiger partial charge in [-0.1, -0.05) is 13.0 Å². The maximum absolute atomic E-state index is 12.3. The molecule has 0 spiro atoms. The molecule has 5 nitrogen and oxygen atoms in total. The molecule has 0 unspecified atom stereocenters. The summed E-state index contributed by atoms with van der Waals surface area (Å²) in [7, 11) is 2.08. The molecule has 132 valence electrons. The Kier molecular flexibility index (Phi) is 7.12. The second kappa shape index (κ2) is 9.33. The van der Waals surface area contributed by atoms with Crippen molar-refractivity contribution in [1.29, 1.82) is 0 Å². The van der Waals surface area contributed by atoms with Gasteiger partial charge in [0.05, 0.1) is 13.2 Å². The maximum Gasteiger partial charge on any atom is 0.246 e. The molecule has 0 atom stereocenters. The van der Waals surface area contributed by atoms with E-state index in [4.69, 9.17) is 9.47 Å². The van der Waals surface area contributed by atoms with Crippen molar-refractivity contribution in [2.75, 3.05) is 46.4 Å². The number of amides is 1. The number of nitrogens with zero attached hydrogens (tertiary/aromatic N) is 2. The van der Waals surface area contributed by atoms with Crippen molar-refractivity contribution in [2.45, 2.75) is 20.3 Å². The molecule has 0 radical (unpaired) electrons. The van der Waals surface area contributed by atoms with E-state index < -0.39 is 0 Å². The van der Waals surface area contributed by atoms with Gasteiger partial charge in [-0.2, -0.15) is 0 Å². The van der Waals surface area contributed by atoms with E-state index in [1.807, 2.05) is 36.1 Å². The summed E-state index contributed by atoms with van der Waals surface area (Å²) in [6, 6.07) is 5.77. The average Bonchev–Trinajstić information content (AvgIpc) is 2.59. The van der Waals surface area contributed by atoms with E-state index >= 15 is 0 Å². The van der Waals surface area contributed by atoms with E-state index in [0.29, 0.717) is 13.2 Å². The normalized spacial score (nSPS) is 15.7. The van der Waals surface area contributed by atoms with Crippen LogP contribution < -0.4 is 9.47 Å². The third-order valence-corrected chi connectivity index (χ3v) is 3.96. The smallest absolute Gasteiger partial charge is 0.246 e. The molecule has 0 saturated carbocycles. The van der Waals surface area contributed by atoms with Crippen molar-refractivity contribution in [2.24, 2.45) is 0 Å². The van der Waals surface area contributed by atoms with Crippen LogP contribution in [0.4, 0.5) is 0 Å². The standard InChI is InChI=1S/C19H28N2O3/c1-4-14-24-17-8-6-16(15-18(17)23-5-2)7-9-19(22)21-12-10-20(3)11-13-21/h6-9,15H,4-5,10-14H2,1-3H3/b9-7+. The Morgan fingerprint density at radius 2 is 1.88 bits per heavy atom. The number of ether oxygens (including phenoxy) is 2. The van der Waals surface area contributed by atoms with Crippen molar-refractivity contribution in [1.82, 2.24) is 9.80 Å². The fourth-order valence-electron chi connectivity index (χ4n) is 2.53. The van der Waals surface area contributed by atoms with Gasteiger partial charge in [0.1, 0.15) is 0 Å². The van der Waals surface area contributed by atoms with E-state index in [1.54, 1.807) is 6.08 Å². The minimum Gasteiger partial charge on any atom is -0.490 e. The lowest BCUT2D eigenvalue weighted by atomic mass is 10.2. The number of likely N-dealkylation sites (N-methyl/N-ethyl adjacent to an activating group) is 1. The fraction of sp³-hybridized carbons (Fsp3) is 0.526. The van der Waals surface area contributed by atoms with Gasteiger partial charge < -0.3 is 19.3 Å². The number of hydrogen-bond donors (Lipinski definition) is 0. The van der Waals surface area contributed by atoms with Gasteiger partial charge in [-0.05, 0) is 44.2 Å². The molecule has 5 heteroatoms. The molecular weight excluding hydrogens is 304 g/mol. The Morgan fingerprint density at radius 1 is 1.12 bits per heavy atom. The van der Waals surface area contributed by atoms with E-state index in [1.165, 1.54) is 0 Å². The molecule has 1 saturated heterocycles. The third-order valence-electron chi connectivity index (χ3n) is 3.96. The molecule has 1 amide bonds. The highest BCUT2D eigenvalue weighted by molar-refractivity contribution is 5.92. The first kappa shape index (κ1) is 18.3. The van der Waals surface area contributed by atoms with Gasteiger partial charge in [0.25, 0.3) is 0 Å². The van der Waals surface area contributed by atoms with Crippen LogP contribution >= 0.6 is 0 Å².